The molecule has 16 heavy (non-hydrogen) atoms. The second-order valence-corrected chi connectivity index (χ2v) is 4.75. The second kappa shape index (κ2) is 6.58. The van der Waals surface area contributed by atoms with Crippen molar-refractivity contribution in [1.82, 2.24) is 9.97 Å². The Balaban J connectivity index is 2.81. The molecule has 0 radical (unpaired) electrons. The smallest absolute Gasteiger partial charge is 0.134 e. The van der Waals surface area contributed by atoms with Crippen molar-refractivity contribution in [2.75, 3.05) is 23.1 Å². The minimum Gasteiger partial charge on any atom is -0.383 e. The Kier molecular flexibility index (Phi) is 5.38. The molecule has 0 aliphatic carbocycles. The molecule has 0 saturated carbocycles. The van der Waals surface area contributed by atoms with Crippen molar-refractivity contribution < 1.29 is 0 Å². The van der Waals surface area contributed by atoms with Gasteiger partial charge in [-0.1, -0.05) is 13.3 Å². The summed E-state index contributed by atoms with van der Waals surface area (Å²) in [6.07, 6.45) is 5.58. The van der Waals surface area contributed by atoms with Crippen LogP contribution in [-0.2, 0) is 6.42 Å². The quantitative estimate of drug-likeness (QED) is 0.798. The van der Waals surface area contributed by atoms with Crippen molar-refractivity contribution in [3.05, 3.63) is 11.9 Å². The molecular formula is C11H20N4S. The maximum atomic E-state index is 5.86. The zero-order valence-corrected chi connectivity index (χ0v) is 11.0. The molecule has 0 spiro atoms. The summed E-state index contributed by atoms with van der Waals surface area (Å²) in [5.41, 5.74) is 6.90. The fourth-order valence-electron chi connectivity index (χ4n) is 1.57. The molecule has 4 nitrogen and oxygen atoms in total. The van der Waals surface area contributed by atoms with Crippen molar-refractivity contribution in [2.24, 2.45) is 0 Å². The highest BCUT2D eigenvalue weighted by molar-refractivity contribution is 7.98. The first-order valence-corrected chi connectivity index (χ1v) is 6.93. The number of nitrogens with two attached hydrogens (primary N) is 1. The normalized spacial score (nSPS) is 12.4. The summed E-state index contributed by atoms with van der Waals surface area (Å²) >= 11 is 1.82. The Morgan fingerprint density at radius 3 is 2.88 bits per heavy atom. The number of nitrogen functional groups attached to an aromatic ring is 1. The summed E-state index contributed by atoms with van der Waals surface area (Å²) in [5.74, 6) is 2.53. The van der Waals surface area contributed by atoms with Crippen LogP contribution in [0.15, 0.2) is 6.33 Å². The van der Waals surface area contributed by atoms with E-state index in [0.717, 1.165) is 30.0 Å². The van der Waals surface area contributed by atoms with Crippen LogP contribution in [0.4, 0.5) is 11.6 Å². The van der Waals surface area contributed by atoms with Gasteiger partial charge in [0, 0.05) is 17.4 Å². The predicted molar refractivity (Wildman–Crippen MR) is 71.9 cm³/mol. The number of nitrogens with one attached hydrogen (secondary N) is 1. The first-order chi connectivity index (χ1) is 7.69. The summed E-state index contributed by atoms with van der Waals surface area (Å²) in [4.78, 5) is 8.30. The first-order valence-electron chi connectivity index (χ1n) is 5.53. The van der Waals surface area contributed by atoms with E-state index < -0.39 is 0 Å². The lowest BCUT2D eigenvalue weighted by atomic mass is 10.1. The third-order valence-electron chi connectivity index (χ3n) is 2.28. The number of anilines is 2. The van der Waals surface area contributed by atoms with Crippen LogP contribution in [0.2, 0.25) is 0 Å². The number of nitrogens with zero attached hydrogens (tertiary/aromatic N) is 2. The van der Waals surface area contributed by atoms with Gasteiger partial charge in [0.05, 0.1) is 0 Å². The van der Waals surface area contributed by atoms with E-state index in [1.54, 1.807) is 0 Å². The molecule has 1 rings (SSSR count). The summed E-state index contributed by atoms with van der Waals surface area (Å²) in [7, 11) is 0. The minimum atomic E-state index is 0.389. The molecule has 1 aromatic rings. The van der Waals surface area contributed by atoms with E-state index in [2.05, 4.69) is 35.4 Å². The van der Waals surface area contributed by atoms with Crippen molar-refractivity contribution in [2.45, 2.75) is 32.7 Å². The van der Waals surface area contributed by atoms with E-state index >= 15 is 0 Å². The highest BCUT2D eigenvalue weighted by atomic mass is 32.2. The van der Waals surface area contributed by atoms with Crippen molar-refractivity contribution in [3.63, 3.8) is 0 Å². The summed E-state index contributed by atoms with van der Waals surface area (Å²) in [6, 6.07) is 0.389. The fraction of sp³-hybridized carbons (Fsp3) is 0.636. The standard InChI is InChI=1S/C11H20N4S/c1-4-5-9-10(12)13-7-14-11(9)15-8(2)6-16-3/h7-8H,4-6H2,1-3H3,(H3,12,13,14,15). The molecule has 1 unspecified atom stereocenters. The fourth-order valence-corrected chi connectivity index (χ4v) is 2.16. The molecule has 0 fully saturated rings. The van der Waals surface area contributed by atoms with Gasteiger partial charge in [-0.05, 0) is 19.6 Å². The lowest BCUT2D eigenvalue weighted by Crippen LogP contribution is -2.20. The Morgan fingerprint density at radius 1 is 1.50 bits per heavy atom. The molecule has 1 heterocycles. The average molecular weight is 240 g/mol. The molecule has 90 valence electrons. The minimum absolute atomic E-state index is 0.389. The van der Waals surface area contributed by atoms with Gasteiger partial charge in [-0.3, -0.25) is 0 Å². The molecule has 3 N–H and O–H groups in total. The molecule has 0 saturated heterocycles. The topological polar surface area (TPSA) is 63.8 Å². The number of aromatic nitrogens is 2. The van der Waals surface area contributed by atoms with Gasteiger partial charge in [-0.25, -0.2) is 9.97 Å². The highest BCUT2D eigenvalue weighted by Crippen LogP contribution is 2.20. The zero-order valence-electron chi connectivity index (χ0n) is 10.2. The molecule has 0 bridgehead atoms. The largest absolute Gasteiger partial charge is 0.383 e. The van der Waals surface area contributed by atoms with Crippen LogP contribution in [0.5, 0.6) is 0 Å². The van der Waals surface area contributed by atoms with E-state index in [-0.39, 0.29) is 0 Å². The lowest BCUT2D eigenvalue weighted by Gasteiger charge is -2.16. The van der Waals surface area contributed by atoms with Gasteiger partial charge in [0.2, 0.25) is 0 Å². The van der Waals surface area contributed by atoms with Crippen molar-refractivity contribution in [3.8, 4) is 0 Å². The maximum Gasteiger partial charge on any atom is 0.134 e. The highest BCUT2D eigenvalue weighted by Gasteiger charge is 2.10. The van der Waals surface area contributed by atoms with Crippen molar-refractivity contribution in [1.29, 1.82) is 0 Å². The van der Waals surface area contributed by atoms with Crippen LogP contribution in [0.25, 0.3) is 0 Å². The average Bonchev–Trinajstić information content (AvgIpc) is 2.23. The van der Waals surface area contributed by atoms with Gasteiger partial charge in [-0.15, -0.1) is 0 Å². The van der Waals surface area contributed by atoms with Crippen LogP contribution in [0.3, 0.4) is 0 Å². The zero-order chi connectivity index (χ0) is 12.0. The molecule has 0 aliphatic rings. The summed E-state index contributed by atoms with van der Waals surface area (Å²) < 4.78 is 0. The molecule has 1 atom stereocenters. The molecule has 5 heteroatoms. The van der Waals surface area contributed by atoms with Gasteiger partial charge in [-0.2, -0.15) is 11.8 Å². The first kappa shape index (κ1) is 13.1. The third-order valence-corrected chi connectivity index (χ3v) is 3.11. The summed E-state index contributed by atoms with van der Waals surface area (Å²) in [6.45, 7) is 4.27. The van der Waals surface area contributed by atoms with Crippen LogP contribution in [0, 0.1) is 0 Å². The number of thioether (sulfide) groups is 1. The van der Waals surface area contributed by atoms with E-state index in [4.69, 9.17) is 5.73 Å². The molecule has 0 aromatic carbocycles. The predicted octanol–water partition coefficient (Wildman–Crippen LogP) is 2.17. The van der Waals surface area contributed by atoms with E-state index in [1.807, 2.05) is 11.8 Å². The van der Waals surface area contributed by atoms with E-state index in [9.17, 15) is 0 Å². The lowest BCUT2D eigenvalue weighted by molar-refractivity contribution is 0.866. The van der Waals surface area contributed by atoms with Crippen LogP contribution in [-0.4, -0.2) is 28.0 Å². The summed E-state index contributed by atoms with van der Waals surface area (Å²) in [5, 5.41) is 3.39. The van der Waals surface area contributed by atoms with Gasteiger partial charge >= 0.3 is 0 Å². The molecule has 0 amide bonds. The van der Waals surface area contributed by atoms with E-state index in [1.165, 1.54) is 6.33 Å². The third kappa shape index (κ3) is 3.56. The Labute approximate surface area is 101 Å². The Hall–Kier alpha value is -0.970. The maximum absolute atomic E-state index is 5.86. The second-order valence-electron chi connectivity index (χ2n) is 3.84. The SMILES string of the molecule is CCCc1c(N)ncnc1NC(C)CSC. The van der Waals surface area contributed by atoms with Crippen LogP contribution >= 0.6 is 11.8 Å². The molecule has 1 aromatic heterocycles. The monoisotopic (exact) mass is 240 g/mol. The van der Waals surface area contributed by atoms with Gasteiger partial charge < -0.3 is 11.1 Å². The van der Waals surface area contributed by atoms with Crippen LogP contribution < -0.4 is 11.1 Å². The number of hydrogen-bond acceptors (Lipinski definition) is 5. The Bertz CT molecular complexity index is 330. The number of rotatable bonds is 6. The number of hydrogen-bond donors (Lipinski definition) is 2. The van der Waals surface area contributed by atoms with Crippen LogP contribution in [0.1, 0.15) is 25.8 Å². The van der Waals surface area contributed by atoms with Gasteiger partial charge in [0.25, 0.3) is 0 Å². The Morgan fingerprint density at radius 2 is 2.25 bits per heavy atom. The van der Waals surface area contributed by atoms with Crippen molar-refractivity contribution >= 4 is 23.4 Å². The molecule has 0 aliphatic heterocycles. The van der Waals surface area contributed by atoms with E-state index in [0.29, 0.717) is 11.9 Å². The van der Waals surface area contributed by atoms with Gasteiger partial charge in [0.1, 0.15) is 18.0 Å². The van der Waals surface area contributed by atoms with Gasteiger partial charge in [0.15, 0.2) is 0 Å². The molecular weight excluding hydrogens is 220 g/mol.